The van der Waals surface area contributed by atoms with Gasteiger partial charge in [-0.25, -0.2) is 17.9 Å². The summed E-state index contributed by atoms with van der Waals surface area (Å²) in [5.74, 6) is -1.47. The van der Waals surface area contributed by atoms with Crippen molar-refractivity contribution in [2.75, 3.05) is 33.5 Å². The predicted molar refractivity (Wildman–Crippen MR) is 72.8 cm³/mol. The van der Waals surface area contributed by atoms with E-state index in [1.807, 2.05) is 0 Å². The van der Waals surface area contributed by atoms with Crippen LogP contribution in [-0.2, 0) is 19.5 Å². The number of ether oxygens (including phenoxy) is 2. The zero-order valence-corrected chi connectivity index (χ0v) is 12.3. The first-order valence-corrected chi connectivity index (χ1v) is 7.57. The summed E-state index contributed by atoms with van der Waals surface area (Å²) in [6.45, 7) is 1.29. The van der Waals surface area contributed by atoms with Gasteiger partial charge >= 0.3 is 0 Å². The van der Waals surface area contributed by atoms with Crippen molar-refractivity contribution in [1.29, 1.82) is 0 Å². The van der Waals surface area contributed by atoms with Crippen molar-refractivity contribution >= 4 is 15.9 Å². The van der Waals surface area contributed by atoms with Crippen molar-refractivity contribution in [1.82, 2.24) is 5.32 Å². The molecule has 0 fully saturated rings. The zero-order chi connectivity index (χ0) is 15.9. The van der Waals surface area contributed by atoms with E-state index in [4.69, 9.17) is 14.6 Å². The molecule has 0 unspecified atom stereocenters. The molecule has 7 nitrogen and oxygen atoms in total. The zero-order valence-electron chi connectivity index (χ0n) is 11.5. The van der Waals surface area contributed by atoms with Crippen LogP contribution in [0.2, 0.25) is 0 Å². The Balaban J connectivity index is 2.60. The van der Waals surface area contributed by atoms with Crippen LogP contribution in [0.4, 0.5) is 4.39 Å². The van der Waals surface area contributed by atoms with E-state index >= 15 is 0 Å². The summed E-state index contributed by atoms with van der Waals surface area (Å²) in [5, 5.41) is 7.38. The largest absolute Gasteiger partial charge is 0.382 e. The van der Waals surface area contributed by atoms with E-state index in [2.05, 4.69) is 5.32 Å². The average Bonchev–Trinajstić information content (AvgIpc) is 2.40. The molecule has 0 saturated carbocycles. The number of methoxy groups -OCH3 is 1. The Labute approximate surface area is 122 Å². The first-order valence-electron chi connectivity index (χ1n) is 6.03. The lowest BCUT2D eigenvalue weighted by Gasteiger charge is -2.07. The van der Waals surface area contributed by atoms with Crippen molar-refractivity contribution in [3.8, 4) is 0 Å². The molecule has 0 heterocycles. The third-order valence-electron chi connectivity index (χ3n) is 2.43. The van der Waals surface area contributed by atoms with Crippen LogP contribution in [-0.4, -0.2) is 47.8 Å². The van der Waals surface area contributed by atoms with Crippen LogP contribution in [0.15, 0.2) is 23.1 Å². The van der Waals surface area contributed by atoms with Crippen LogP contribution in [0.1, 0.15) is 10.4 Å². The fourth-order valence-electron chi connectivity index (χ4n) is 1.44. The minimum absolute atomic E-state index is 0.129. The van der Waals surface area contributed by atoms with Crippen LogP contribution in [0, 0.1) is 5.82 Å². The van der Waals surface area contributed by atoms with Gasteiger partial charge in [-0.15, -0.1) is 0 Å². The van der Waals surface area contributed by atoms with Gasteiger partial charge in [-0.05, 0) is 18.2 Å². The molecule has 0 aromatic heterocycles. The Kier molecular flexibility index (Phi) is 6.69. The molecule has 0 saturated heterocycles. The van der Waals surface area contributed by atoms with Gasteiger partial charge in [0.15, 0.2) is 0 Å². The summed E-state index contributed by atoms with van der Waals surface area (Å²) < 4.78 is 45.6. The number of hydrogen-bond acceptors (Lipinski definition) is 5. The quantitative estimate of drug-likeness (QED) is 0.649. The van der Waals surface area contributed by atoms with Crippen LogP contribution in [0.3, 0.4) is 0 Å². The first-order chi connectivity index (χ1) is 9.84. The molecule has 9 heteroatoms. The molecule has 3 N–H and O–H groups in total. The standard InChI is InChI=1S/C12H17FN2O5S/c1-19-4-5-20-3-2-15-12(16)9-6-10(13)8-11(7-9)21(14,17)18/h6-8H,2-5H2,1H3,(H,15,16)(H2,14,17,18). The van der Waals surface area contributed by atoms with Gasteiger partial charge in [0, 0.05) is 19.2 Å². The van der Waals surface area contributed by atoms with Gasteiger partial charge in [-0.1, -0.05) is 0 Å². The third-order valence-corrected chi connectivity index (χ3v) is 3.32. The summed E-state index contributed by atoms with van der Waals surface area (Å²) in [6, 6.07) is 2.69. The number of benzene rings is 1. The molecule has 1 rings (SSSR count). The molecule has 0 aliphatic heterocycles. The summed E-state index contributed by atoms with van der Waals surface area (Å²) in [6.07, 6.45) is 0. The molecule has 1 amide bonds. The lowest BCUT2D eigenvalue weighted by atomic mass is 10.2. The van der Waals surface area contributed by atoms with E-state index in [1.165, 1.54) is 7.11 Å². The fourth-order valence-corrected chi connectivity index (χ4v) is 2.01. The van der Waals surface area contributed by atoms with Gasteiger partial charge in [0.25, 0.3) is 5.91 Å². The Morgan fingerprint density at radius 3 is 2.62 bits per heavy atom. The number of carbonyl (C=O) groups is 1. The number of carbonyl (C=O) groups excluding carboxylic acids is 1. The Morgan fingerprint density at radius 1 is 1.29 bits per heavy atom. The predicted octanol–water partition coefficient (Wildman–Crippen LogP) is -0.134. The van der Waals surface area contributed by atoms with Crippen molar-refractivity contribution in [2.24, 2.45) is 5.14 Å². The van der Waals surface area contributed by atoms with Crippen LogP contribution in [0.5, 0.6) is 0 Å². The second-order valence-electron chi connectivity index (χ2n) is 4.08. The Hall–Kier alpha value is -1.55. The Morgan fingerprint density at radius 2 is 2.00 bits per heavy atom. The van der Waals surface area contributed by atoms with Crippen LogP contribution in [0.25, 0.3) is 0 Å². The molecule has 0 spiro atoms. The monoisotopic (exact) mass is 320 g/mol. The molecule has 1 aromatic rings. The summed E-state index contributed by atoms with van der Waals surface area (Å²) in [5.41, 5.74) is -0.129. The molecular formula is C12H17FN2O5S. The highest BCUT2D eigenvalue weighted by Gasteiger charge is 2.14. The minimum Gasteiger partial charge on any atom is -0.382 e. The highest BCUT2D eigenvalue weighted by Crippen LogP contribution is 2.13. The smallest absolute Gasteiger partial charge is 0.251 e. The fraction of sp³-hybridized carbons (Fsp3) is 0.417. The molecular weight excluding hydrogens is 303 g/mol. The highest BCUT2D eigenvalue weighted by atomic mass is 32.2. The lowest BCUT2D eigenvalue weighted by molar-refractivity contribution is 0.0692. The van der Waals surface area contributed by atoms with Gasteiger partial charge < -0.3 is 14.8 Å². The molecule has 0 aliphatic carbocycles. The molecule has 118 valence electrons. The molecule has 0 radical (unpaired) electrons. The third kappa shape index (κ3) is 6.17. The topological polar surface area (TPSA) is 108 Å². The van der Waals surface area contributed by atoms with Crippen molar-refractivity contribution < 1.29 is 27.1 Å². The molecule has 0 aliphatic rings. The van der Waals surface area contributed by atoms with Gasteiger partial charge in [0.1, 0.15) is 5.82 Å². The lowest BCUT2D eigenvalue weighted by Crippen LogP contribution is -2.28. The second-order valence-corrected chi connectivity index (χ2v) is 5.64. The van der Waals surface area contributed by atoms with E-state index in [1.54, 1.807) is 0 Å². The van der Waals surface area contributed by atoms with Gasteiger partial charge in [0.2, 0.25) is 10.0 Å². The van der Waals surface area contributed by atoms with E-state index in [0.29, 0.717) is 13.2 Å². The second kappa shape index (κ2) is 8.03. The number of sulfonamides is 1. The van der Waals surface area contributed by atoms with Gasteiger partial charge in [0.05, 0.1) is 24.7 Å². The number of nitrogens with one attached hydrogen (secondary N) is 1. The average molecular weight is 320 g/mol. The SMILES string of the molecule is COCCOCCNC(=O)c1cc(F)cc(S(N)(=O)=O)c1. The molecule has 21 heavy (non-hydrogen) atoms. The molecule has 0 bridgehead atoms. The maximum atomic E-state index is 13.3. The first kappa shape index (κ1) is 17.5. The normalized spacial score (nSPS) is 11.4. The van der Waals surface area contributed by atoms with Crippen molar-refractivity contribution in [2.45, 2.75) is 4.90 Å². The summed E-state index contributed by atoms with van der Waals surface area (Å²) in [7, 11) is -2.54. The van der Waals surface area contributed by atoms with E-state index < -0.39 is 26.6 Å². The Bertz CT molecular complexity index is 591. The number of primary sulfonamides is 1. The van der Waals surface area contributed by atoms with Gasteiger partial charge in [-0.2, -0.15) is 0 Å². The number of amides is 1. The van der Waals surface area contributed by atoms with E-state index in [-0.39, 0.29) is 18.7 Å². The van der Waals surface area contributed by atoms with Crippen molar-refractivity contribution in [3.05, 3.63) is 29.6 Å². The van der Waals surface area contributed by atoms with E-state index in [0.717, 1.165) is 18.2 Å². The number of halogens is 1. The van der Waals surface area contributed by atoms with Crippen LogP contribution >= 0.6 is 0 Å². The molecule has 0 atom stereocenters. The molecule has 1 aromatic carbocycles. The maximum absolute atomic E-state index is 13.3. The highest BCUT2D eigenvalue weighted by molar-refractivity contribution is 7.89. The minimum atomic E-state index is -4.08. The number of nitrogens with two attached hydrogens (primary N) is 1. The van der Waals surface area contributed by atoms with Crippen LogP contribution < -0.4 is 10.5 Å². The maximum Gasteiger partial charge on any atom is 0.251 e. The number of rotatable bonds is 8. The summed E-state index contributed by atoms with van der Waals surface area (Å²) >= 11 is 0. The number of hydrogen-bond donors (Lipinski definition) is 2. The summed E-state index contributed by atoms with van der Waals surface area (Å²) in [4.78, 5) is 11.3. The van der Waals surface area contributed by atoms with Crippen molar-refractivity contribution in [3.63, 3.8) is 0 Å². The van der Waals surface area contributed by atoms with E-state index in [9.17, 15) is 17.6 Å². The van der Waals surface area contributed by atoms with Gasteiger partial charge in [-0.3, -0.25) is 4.79 Å².